The van der Waals surface area contributed by atoms with Crippen LogP contribution in [0.15, 0.2) is 55.4 Å². The third kappa shape index (κ3) is 3.06. The van der Waals surface area contributed by atoms with Crippen molar-refractivity contribution in [3.05, 3.63) is 66.1 Å². The highest BCUT2D eigenvalue weighted by Gasteiger charge is 2.08. The molecule has 6 nitrogen and oxygen atoms in total. The molecule has 0 aliphatic heterocycles. The van der Waals surface area contributed by atoms with Crippen molar-refractivity contribution in [2.45, 2.75) is 0 Å². The number of carbonyl (C=O) groups is 1. The summed E-state index contributed by atoms with van der Waals surface area (Å²) >= 11 is 5.83. The zero-order valence-electron chi connectivity index (χ0n) is 10.8. The van der Waals surface area contributed by atoms with Crippen LogP contribution in [0.3, 0.4) is 0 Å². The molecule has 0 unspecified atom stereocenters. The molecule has 7 heteroatoms. The zero-order valence-corrected chi connectivity index (χ0v) is 11.5. The van der Waals surface area contributed by atoms with Crippen molar-refractivity contribution in [2.75, 3.05) is 5.32 Å². The number of pyridine rings is 2. The molecule has 3 heterocycles. The van der Waals surface area contributed by atoms with E-state index < -0.39 is 0 Å². The lowest BCUT2D eigenvalue weighted by Gasteiger charge is -2.06. The van der Waals surface area contributed by atoms with Gasteiger partial charge >= 0.3 is 0 Å². The quantitative estimate of drug-likeness (QED) is 0.806. The van der Waals surface area contributed by atoms with Crippen LogP contribution in [0.25, 0.3) is 5.82 Å². The summed E-state index contributed by atoms with van der Waals surface area (Å²) in [4.78, 5) is 24.2. The summed E-state index contributed by atoms with van der Waals surface area (Å²) in [7, 11) is 0. The van der Waals surface area contributed by atoms with E-state index >= 15 is 0 Å². The van der Waals surface area contributed by atoms with Crippen LogP contribution < -0.4 is 5.32 Å². The lowest BCUT2D eigenvalue weighted by Crippen LogP contribution is -2.13. The lowest BCUT2D eigenvalue weighted by atomic mass is 10.3. The fraction of sp³-hybridized carbons (Fsp3) is 0. The number of imidazole rings is 1. The van der Waals surface area contributed by atoms with Gasteiger partial charge in [-0.1, -0.05) is 11.6 Å². The van der Waals surface area contributed by atoms with Gasteiger partial charge in [0.15, 0.2) is 0 Å². The van der Waals surface area contributed by atoms with Crippen LogP contribution in [0.5, 0.6) is 0 Å². The van der Waals surface area contributed by atoms with Gasteiger partial charge < -0.3 is 5.32 Å². The van der Waals surface area contributed by atoms with Gasteiger partial charge in [-0.3, -0.25) is 14.3 Å². The molecule has 21 heavy (non-hydrogen) atoms. The first-order valence-electron chi connectivity index (χ1n) is 6.10. The molecule has 0 fully saturated rings. The molecule has 0 bridgehead atoms. The smallest absolute Gasteiger partial charge is 0.274 e. The first kappa shape index (κ1) is 13.3. The topological polar surface area (TPSA) is 72.7 Å². The zero-order chi connectivity index (χ0) is 14.7. The number of anilines is 1. The second kappa shape index (κ2) is 5.72. The van der Waals surface area contributed by atoms with Crippen LogP contribution in [-0.4, -0.2) is 25.4 Å². The Labute approximate surface area is 125 Å². The van der Waals surface area contributed by atoms with E-state index in [1.54, 1.807) is 47.7 Å². The average molecular weight is 300 g/mol. The first-order chi connectivity index (χ1) is 10.2. The molecule has 3 aromatic rings. The number of nitrogens with one attached hydrogen (secondary N) is 1. The van der Waals surface area contributed by atoms with Crippen LogP contribution >= 0.6 is 11.6 Å². The number of hydrogen-bond donors (Lipinski definition) is 1. The summed E-state index contributed by atoms with van der Waals surface area (Å²) in [6, 6.07) is 6.65. The van der Waals surface area contributed by atoms with Crippen LogP contribution in [-0.2, 0) is 0 Å². The van der Waals surface area contributed by atoms with Gasteiger partial charge in [0.05, 0.1) is 11.9 Å². The minimum absolute atomic E-state index is 0.251. The number of rotatable bonds is 3. The Hall–Kier alpha value is -2.73. The van der Waals surface area contributed by atoms with Crippen molar-refractivity contribution >= 4 is 23.2 Å². The molecule has 0 saturated carbocycles. The van der Waals surface area contributed by atoms with Crippen molar-refractivity contribution in [1.29, 1.82) is 0 Å². The second-order valence-corrected chi connectivity index (χ2v) is 4.62. The number of carbonyl (C=O) groups excluding carboxylic acids is 1. The van der Waals surface area contributed by atoms with Crippen LogP contribution in [0.2, 0.25) is 5.02 Å². The minimum Gasteiger partial charge on any atom is -0.319 e. The summed E-state index contributed by atoms with van der Waals surface area (Å²) in [5.41, 5.74) is 0.826. The number of aromatic nitrogens is 4. The molecule has 0 aromatic carbocycles. The van der Waals surface area contributed by atoms with Crippen molar-refractivity contribution in [2.24, 2.45) is 0 Å². The van der Waals surface area contributed by atoms with Gasteiger partial charge in [0.25, 0.3) is 5.91 Å². The molecule has 0 spiro atoms. The fourth-order valence-electron chi connectivity index (χ4n) is 1.73. The van der Waals surface area contributed by atoms with E-state index in [4.69, 9.17) is 11.6 Å². The number of amides is 1. The number of nitrogens with zero attached hydrogens (tertiary/aromatic N) is 4. The van der Waals surface area contributed by atoms with E-state index in [1.165, 1.54) is 12.3 Å². The van der Waals surface area contributed by atoms with E-state index in [0.29, 0.717) is 16.5 Å². The maximum absolute atomic E-state index is 12.0. The first-order valence-corrected chi connectivity index (χ1v) is 6.47. The summed E-state index contributed by atoms with van der Waals surface area (Å²) in [5.74, 6) is 0.376. The highest BCUT2D eigenvalue weighted by Crippen LogP contribution is 2.12. The Kier molecular flexibility index (Phi) is 3.61. The standard InChI is InChI=1S/C14H10ClN5O/c15-10-3-4-17-12(7-10)14(21)19-11-1-2-13(18-8-11)20-6-5-16-9-20/h1-9H,(H,19,21). The predicted molar refractivity (Wildman–Crippen MR) is 78.6 cm³/mol. The molecular weight excluding hydrogens is 290 g/mol. The SMILES string of the molecule is O=C(Nc1ccc(-n2ccnc2)nc1)c1cc(Cl)ccn1. The van der Waals surface area contributed by atoms with Gasteiger partial charge in [-0.2, -0.15) is 0 Å². The highest BCUT2D eigenvalue weighted by atomic mass is 35.5. The van der Waals surface area contributed by atoms with Crippen LogP contribution in [0.4, 0.5) is 5.69 Å². The summed E-state index contributed by atoms with van der Waals surface area (Å²) in [5, 5.41) is 3.17. The molecule has 3 rings (SSSR count). The molecule has 0 aliphatic rings. The molecule has 3 aromatic heterocycles. The molecule has 1 N–H and O–H groups in total. The third-order valence-electron chi connectivity index (χ3n) is 2.73. The van der Waals surface area contributed by atoms with Crippen molar-refractivity contribution in [3.63, 3.8) is 0 Å². The van der Waals surface area contributed by atoms with Gasteiger partial charge in [-0.05, 0) is 24.3 Å². The molecule has 0 saturated heterocycles. The molecular formula is C14H10ClN5O. The average Bonchev–Trinajstić information content (AvgIpc) is 3.02. The maximum atomic E-state index is 12.0. The second-order valence-electron chi connectivity index (χ2n) is 4.19. The van der Waals surface area contributed by atoms with Gasteiger partial charge in [-0.25, -0.2) is 9.97 Å². The van der Waals surface area contributed by atoms with Crippen molar-refractivity contribution in [3.8, 4) is 5.82 Å². The van der Waals surface area contributed by atoms with E-state index in [1.807, 2.05) is 0 Å². The van der Waals surface area contributed by atoms with Gasteiger partial charge in [-0.15, -0.1) is 0 Å². The van der Waals surface area contributed by atoms with Crippen LogP contribution in [0.1, 0.15) is 10.5 Å². The molecule has 104 valence electrons. The Bertz CT molecular complexity index is 755. The van der Waals surface area contributed by atoms with Gasteiger partial charge in [0.2, 0.25) is 0 Å². The summed E-state index contributed by atoms with van der Waals surface area (Å²) in [6.45, 7) is 0. The highest BCUT2D eigenvalue weighted by molar-refractivity contribution is 6.30. The van der Waals surface area contributed by atoms with Crippen LogP contribution in [0, 0.1) is 0 Å². The van der Waals surface area contributed by atoms with E-state index in [-0.39, 0.29) is 11.6 Å². The summed E-state index contributed by atoms with van der Waals surface area (Å²) < 4.78 is 1.77. The normalized spacial score (nSPS) is 10.3. The fourth-order valence-corrected chi connectivity index (χ4v) is 1.89. The Morgan fingerprint density at radius 3 is 2.76 bits per heavy atom. The largest absolute Gasteiger partial charge is 0.319 e. The summed E-state index contributed by atoms with van der Waals surface area (Å²) in [6.07, 6.45) is 8.16. The Morgan fingerprint density at radius 1 is 1.19 bits per heavy atom. The van der Waals surface area contributed by atoms with Crippen molar-refractivity contribution < 1.29 is 4.79 Å². The predicted octanol–water partition coefficient (Wildman–Crippen LogP) is 2.57. The monoisotopic (exact) mass is 299 g/mol. The van der Waals surface area contributed by atoms with Gasteiger partial charge in [0.1, 0.15) is 17.8 Å². The molecule has 0 atom stereocenters. The Balaban J connectivity index is 1.75. The molecule has 0 radical (unpaired) electrons. The van der Waals surface area contributed by atoms with E-state index in [9.17, 15) is 4.79 Å². The lowest BCUT2D eigenvalue weighted by molar-refractivity contribution is 0.102. The minimum atomic E-state index is -0.338. The number of hydrogen-bond acceptors (Lipinski definition) is 4. The van der Waals surface area contributed by atoms with Crippen molar-refractivity contribution in [1.82, 2.24) is 19.5 Å². The molecule has 1 amide bonds. The third-order valence-corrected chi connectivity index (χ3v) is 2.96. The van der Waals surface area contributed by atoms with E-state index in [0.717, 1.165) is 0 Å². The van der Waals surface area contributed by atoms with Gasteiger partial charge in [0, 0.05) is 23.6 Å². The van der Waals surface area contributed by atoms with E-state index in [2.05, 4.69) is 20.3 Å². The Morgan fingerprint density at radius 2 is 2.10 bits per heavy atom. The number of halogens is 1. The molecule has 0 aliphatic carbocycles. The maximum Gasteiger partial charge on any atom is 0.274 e.